The molecule has 1 aliphatic carbocycles. The molecule has 1 aliphatic heterocycles. The lowest BCUT2D eigenvalue weighted by molar-refractivity contribution is 0.316. The summed E-state index contributed by atoms with van der Waals surface area (Å²) in [5, 5.41) is 12.1. The number of nitrogens with zero attached hydrogens (tertiary/aromatic N) is 3. The van der Waals surface area contributed by atoms with E-state index in [1.807, 2.05) is 6.33 Å². The van der Waals surface area contributed by atoms with Gasteiger partial charge < -0.3 is 9.88 Å². The van der Waals surface area contributed by atoms with E-state index in [1.165, 1.54) is 50.8 Å². The lowest BCUT2D eigenvalue weighted by Gasteiger charge is -2.30. The van der Waals surface area contributed by atoms with Gasteiger partial charge in [0.1, 0.15) is 12.2 Å². The highest BCUT2D eigenvalue weighted by Gasteiger charge is 2.27. The van der Waals surface area contributed by atoms with Gasteiger partial charge in [0.2, 0.25) is 0 Å². The first-order valence-corrected chi connectivity index (χ1v) is 7.47. The first-order valence-electron chi connectivity index (χ1n) is 7.47. The van der Waals surface area contributed by atoms with E-state index >= 15 is 0 Å². The fourth-order valence-corrected chi connectivity index (χ4v) is 3.55. The van der Waals surface area contributed by atoms with Crippen molar-refractivity contribution < 1.29 is 0 Å². The van der Waals surface area contributed by atoms with Gasteiger partial charge in [-0.25, -0.2) is 0 Å². The lowest BCUT2D eigenvalue weighted by atomic mass is 9.91. The zero-order chi connectivity index (χ0) is 12.4. The van der Waals surface area contributed by atoms with Crippen LogP contribution in [-0.2, 0) is 0 Å². The van der Waals surface area contributed by atoms with Gasteiger partial charge in [0.05, 0.1) is 0 Å². The molecule has 0 radical (unpaired) electrons. The summed E-state index contributed by atoms with van der Waals surface area (Å²) in [5.74, 6) is 1.85. The van der Waals surface area contributed by atoms with Gasteiger partial charge in [-0.05, 0) is 39.2 Å². The molecule has 1 aromatic heterocycles. The molecule has 2 heterocycles. The van der Waals surface area contributed by atoms with Crippen molar-refractivity contribution in [3.8, 4) is 0 Å². The highest BCUT2D eigenvalue weighted by atomic mass is 15.3. The Kier molecular flexibility index (Phi) is 3.64. The average molecular weight is 248 g/mol. The topological polar surface area (TPSA) is 42.7 Å². The summed E-state index contributed by atoms with van der Waals surface area (Å²) in [6.45, 7) is 3.39. The number of piperidine rings is 1. The number of nitrogens with one attached hydrogen (secondary N) is 1. The van der Waals surface area contributed by atoms with E-state index in [0.717, 1.165) is 6.54 Å². The van der Waals surface area contributed by atoms with Gasteiger partial charge in [0, 0.05) is 18.0 Å². The molecule has 0 spiro atoms. The molecule has 0 bridgehead atoms. The molecule has 1 N–H and O–H groups in total. The van der Waals surface area contributed by atoms with Gasteiger partial charge in [0.25, 0.3) is 0 Å². The molecule has 1 aromatic rings. The lowest BCUT2D eigenvalue weighted by Crippen LogP contribution is -2.36. The average Bonchev–Trinajstić information content (AvgIpc) is 2.89. The Balaban J connectivity index is 1.77. The molecule has 0 aromatic carbocycles. The number of rotatable bonds is 2. The van der Waals surface area contributed by atoms with Crippen LogP contribution in [0.25, 0.3) is 0 Å². The molecular weight excluding hydrogens is 224 g/mol. The summed E-state index contributed by atoms with van der Waals surface area (Å²) < 4.78 is 2.39. The summed E-state index contributed by atoms with van der Waals surface area (Å²) in [6.07, 6.45) is 11.1. The monoisotopic (exact) mass is 248 g/mol. The molecule has 1 saturated carbocycles. The Bertz CT molecular complexity index is 381. The van der Waals surface area contributed by atoms with Crippen LogP contribution in [0.1, 0.15) is 69.7 Å². The van der Waals surface area contributed by atoms with Crippen molar-refractivity contribution in [2.45, 2.75) is 69.9 Å². The molecular formula is C14H24N4. The van der Waals surface area contributed by atoms with E-state index < -0.39 is 0 Å². The quantitative estimate of drug-likeness (QED) is 0.875. The summed E-state index contributed by atoms with van der Waals surface area (Å²) >= 11 is 0. The van der Waals surface area contributed by atoms with Crippen molar-refractivity contribution in [2.75, 3.05) is 6.54 Å². The van der Waals surface area contributed by atoms with Gasteiger partial charge in [-0.15, -0.1) is 10.2 Å². The maximum atomic E-state index is 4.43. The number of aromatic nitrogens is 3. The first-order chi connectivity index (χ1) is 8.84. The van der Waals surface area contributed by atoms with Crippen LogP contribution in [0.15, 0.2) is 6.33 Å². The van der Waals surface area contributed by atoms with E-state index in [4.69, 9.17) is 0 Å². The molecule has 2 atom stereocenters. The molecule has 0 amide bonds. The molecule has 4 nitrogen and oxygen atoms in total. The summed E-state index contributed by atoms with van der Waals surface area (Å²) in [5.41, 5.74) is 0. The summed E-state index contributed by atoms with van der Waals surface area (Å²) in [7, 11) is 0. The normalized spacial score (nSPS) is 30.5. The Morgan fingerprint density at radius 1 is 1.22 bits per heavy atom. The molecule has 2 unspecified atom stereocenters. The second-order valence-electron chi connectivity index (χ2n) is 5.96. The van der Waals surface area contributed by atoms with Crippen molar-refractivity contribution >= 4 is 0 Å². The minimum absolute atomic E-state index is 0.602. The third kappa shape index (κ3) is 2.44. The molecule has 3 rings (SSSR count). The smallest absolute Gasteiger partial charge is 0.136 e. The van der Waals surface area contributed by atoms with Crippen LogP contribution in [0, 0.1) is 0 Å². The predicted molar refractivity (Wildman–Crippen MR) is 71.6 cm³/mol. The van der Waals surface area contributed by atoms with Crippen molar-refractivity contribution in [3.63, 3.8) is 0 Å². The van der Waals surface area contributed by atoms with Crippen molar-refractivity contribution in [3.05, 3.63) is 12.2 Å². The van der Waals surface area contributed by atoms with E-state index in [0.29, 0.717) is 18.0 Å². The molecule has 1 saturated heterocycles. The SMILES string of the molecule is CC1CC(c2nncn2C2CCCCC2)CCN1. The summed E-state index contributed by atoms with van der Waals surface area (Å²) in [6, 6.07) is 1.27. The Hall–Kier alpha value is -0.900. The zero-order valence-electron chi connectivity index (χ0n) is 11.3. The zero-order valence-corrected chi connectivity index (χ0v) is 11.3. The standard InChI is InChI=1S/C14H24N4/c1-11-9-12(7-8-15-11)14-17-16-10-18(14)13-5-3-2-4-6-13/h10-13,15H,2-9H2,1H3. The fraction of sp³-hybridized carbons (Fsp3) is 0.857. The molecule has 100 valence electrons. The first kappa shape index (κ1) is 12.2. The van der Waals surface area contributed by atoms with Gasteiger partial charge in [-0.1, -0.05) is 19.3 Å². The minimum atomic E-state index is 0.602. The second kappa shape index (κ2) is 5.39. The Morgan fingerprint density at radius 2 is 2.06 bits per heavy atom. The fourth-order valence-electron chi connectivity index (χ4n) is 3.55. The van der Waals surface area contributed by atoms with Gasteiger partial charge in [-0.2, -0.15) is 0 Å². The van der Waals surface area contributed by atoms with Crippen LogP contribution in [0.2, 0.25) is 0 Å². The molecule has 2 fully saturated rings. The van der Waals surface area contributed by atoms with E-state index in [-0.39, 0.29) is 0 Å². The van der Waals surface area contributed by atoms with Crippen molar-refractivity contribution in [2.24, 2.45) is 0 Å². The van der Waals surface area contributed by atoms with Crippen LogP contribution in [0.5, 0.6) is 0 Å². The van der Waals surface area contributed by atoms with E-state index in [1.54, 1.807) is 0 Å². The Labute approximate surface area is 109 Å². The van der Waals surface area contributed by atoms with E-state index in [2.05, 4.69) is 27.0 Å². The highest BCUT2D eigenvalue weighted by molar-refractivity contribution is 5.02. The largest absolute Gasteiger partial charge is 0.314 e. The molecule has 2 aliphatic rings. The van der Waals surface area contributed by atoms with Gasteiger partial charge in [0.15, 0.2) is 0 Å². The van der Waals surface area contributed by atoms with Gasteiger partial charge in [-0.3, -0.25) is 0 Å². The van der Waals surface area contributed by atoms with Crippen LogP contribution in [-0.4, -0.2) is 27.4 Å². The maximum absolute atomic E-state index is 4.43. The number of hydrogen-bond acceptors (Lipinski definition) is 3. The van der Waals surface area contributed by atoms with Crippen LogP contribution < -0.4 is 5.32 Å². The number of hydrogen-bond donors (Lipinski definition) is 1. The van der Waals surface area contributed by atoms with Gasteiger partial charge >= 0.3 is 0 Å². The maximum Gasteiger partial charge on any atom is 0.136 e. The molecule has 18 heavy (non-hydrogen) atoms. The van der Waals surface area contributed by atoms with E-state index in [9.17, 15) is 0 Å². The third-order valence-corrected chi connectivity index (χ3v) is 4.56. The Morgan fingerprint density at radius 3 is 2.83 bits per heavy atom. The van der Waals surface area contributed by atoms with Crippen LogP contribution in [0.3, 0.4) is 0 Å². The molecule has 4 heteroatoms. The van der Waals surface area contributed by atoms with Crippen molar-refractivity contribution in [1.29, 1.82) is 0 Å². The van der Waals surface area contributed by atoms with Crippen LogP contribution >= 0.6 is 0 Å². The minimum Gasteiger partial charge on any atom is -0.314 e. The third-order valence-electron chi connectivity index (χ3n) is 4.56. The summed E-state index contributed by atoms with van der Waals surface area (Å²) in [4.78, 5) is 0. The van der Waals surface area contributed by atoms with Crippen molar-refractivity contribution in [1.82, 2.24) is 20.1 Å². The highest BCUT2D eigenvalue weighted by Crippen LogP contribution is 2.33. The second-order valence-corrected chi connectivity index (χ2v) is 5.96. The van der Waals surface area contributed by atoms with Crippen LogP contribution in [0.4, 0.5) is 0 Å². The predicted octanol–water partition coefficient (Wildman–Crippen LogP) is 2.64.